The van der Waals surface area contributed by atoms with Crippen LogP contribution in [0.25, 0.3) is 43.6 Å². The van der Waals surface area contributed by atoms with E-state index in [2.05, 4.69) is 81.2 Å². The third-order valence-electron chi connectivity index (χ3n) is 7.47. The first-order valence-electron chi connectivity index (χ1n) is 15.8. The molecule has 6 heteroatoms. The fourth-order valence-corrected chi connectivity index (χ4v) is 5.13. The summed E-state index contributed by atoms with van der Waals surface area (Å²) in [6, 6.07) is 39.9. The molecule has 0 saturated heterocycles. The highest BCUT2D eigenvalue weighted by molar-refractivity contribution is 5.84. The van der Waals surface area contributed by atoms with Crippen LogP contribution in [0.5, 0.6) is 5.75 Å². The summed E-state index contributed by atoms with van der Waals surface area (Å²) in [6.45, 7) is 6.04. The second-order valence-corrected chi connectivity index (χ2v) is 10.6. The van der Waals surface area contributed by atoms with Crippen LogP contribution < -0.4 is 10.2 Å². The Morgan fingerprint density at radius 1 is 0.674 bits per heavy atom. The van der Waals surface area contributed by atoms with Gasteiger partial charge in [-0.05, 0) is 78.7 Å². The molecule has 0 aliphatic carbocycles. The number of pyridine rings is 2. The number of aromatic nitrogens is 4. The first-order chi connectivity index (χ1) is 22.7. The molecule has 4 aromatic heterocycles. The van der Waals surface area contributed by atoms with Crippen molar-refractivity contribution >= 4 is 43.6 Å². The third kappa shape index (κ3) is 8.30. The lowest BCUT2D eigenvalue weighted by atomic mass is 10.2. The van der Waals surface area contributed by atoms with Gasteiger partial charge in [-0.15, -0.1) is 0 Å². The molecule has 0 bridgehead atoms. The van der Waals surface area contributed by atoms with Gasteiger partial charge < -0.3 is 19.3 Å². The summed E-state index contributed by atoms with van der Waals surface area (Å²) < 4.78 is 7.81. The Bertz CT molecular complexity index is 2120. The van der Waals surface area contributed by atoms with Crippen LogP contribution >= 0.6 is 0 Å². The standard InChI is InChI=1S/C12H15N.C11H11NO.C9H7NO.C8H7N/c1-2-3-9-13-10-8-11-6-4-5-7-12(11)13;1-2-13-11-7-8-12-10-6-4-3-5-9(10)11;11-9-5-6-10-8-4-2-1-3-7(8)9;1-2-4-8-7(3-1)5-6-9-8/h4-8,10H,2-3,9H2,1H3;3-8H,2H2,1H3;1-6H,(H,10,11);1-6,9H. The van der Waals surface area contributed by atoms with E-state index >= 15 is 0 Å². The molecule has 0 unspecified atom stereocenters. The number of hydrogen-bond acceptors (Lipinski definition) is 3. The molecule has 232 valence electrons. The second-order valence-electron chi connectivity index (χ2n) is 10.6. The molecular formula is C40H40N4O2. The first kappa shape index (κ1) is 31.8. The zero-order valence-electron chi connectivity index (χ0n) is 26.4. The molecule has 46 heavy (non-hydrogen) atoms. The molecule has 4 aromatic carbocycles. The van der Waals surface area contributed by atoms with Crippen molar-refractivity contribution in [3.05, 3.63) is 156 Å². The van der Waals surface area contributed by atoms with Crippen molar-refractivity contribution in [2.75, 3.05) is 6.61 Å². The summed E-state index contributed by atoms with van der Waals surface area (Å²) in [5.74, 6) is 0.910. The maximum atomic E-state index is 11.2. The molecular weight excluding hydrogens is 568 g/mol. The van der Waals surface area contributed by atoms with Crippen molar-refractivity contribution in [3.8, 4) is 5.75 Å². The molecule has 0 saturated carbocycles. The topological polar surface area (TPSA) is 75.7 Å². The molecule has 0 atom stereocenters. The molecule has 0 radical (unpaired) electrons. The van der Waals surface area contributed by atoms with Gasteiger partial charge >= 0.3 is 0 Å². The minimum absolute atomic E-state index is 0.0688. The summed E-state index contributed by atoms with van der Waals surface area (Å²) in [6.07, 6.45) is 10.1. The summed E-state index contributed by atoms with van der Waals surface area (Å²) in [7, 11) is 0. The van der Waals surface area contributed by atoms with E-state index in [1.165, 1.54) is 40.7 Å². The van der Waals surface area contributed by atoms with Gasteiger partial charge in [-0.2, -0.15) is 0 Å². The van der Waals surface area contributed by atoms with E-state index in [0.717, 1.165) is 34.1 Å². The SMILES string of the molecule is CCCCn1ccc2ccccc21.CCOc1ccnc2ccccc12.O=c1cc[nH]c2ccccc12.c1ccc2[nH]ccc2c1. The average molecular weight is 609 g/mol. The van der Waals surface area contributed by atoms with E-state index in [1.54, 1.807) is 12.4 Å². The Labute approximate surface area is 269 Å². The molecule has 4 heterocycles. The Kier molecular flexibility index (Phi) is 11.4. The van der Waals surface area contributed by atoms with Crippen molar-refractivity contribution in [1.29, 1.82) is 0 Å². The number of fused-ring (bicyclic) bond motifs is 4. The molecule has 0 fully saturated rings. The largest absolute Gasteiger partial charge is 0.493 e. The van der Waals surface area contributed by atoms with Crippen LogP contribution in [0.1, 0.15) is 26.7 Å². The number of ether oxygens (including phenoxy) is 1. The molecule has 0 aliphatic heterocycles. The van der Waals surface area contributed by atoms with Gasteiger partial charge in [0.1, 0.15) is 5.75 Å². The molecule has 0 aliphatic rings. The highest BCUT2D eigenvalue weighted by Crippen LogP contribution is 2.23. The van der Waals surface area contributed by atoms with Gasteiger partial charge in [0, 0.05) is 64.7 Å². The lowest BCUT2D eigenvalue weighted by Gasteiger charge is -2.05. The van der Waals surface area contributed by atoms with Gasteiger partial charge in [-0.3, -0.25) is 9.78 Å². The number of hydrogen-bond donors (Lipinski definition) is 2. The number of aromatic amines is 2. The van der Waals surface area contributed by atoms with E-state index in [0.29, 0.717) is 6.61 Å². The monoisotopic (exact) mass is 608 g/mol. The quantitative estimate of drug-likeness (QED) is 0.204. The Hall–Kier alpha value is -5.62. The van der Waals surface area contributed by atoms with Crippen molar-refractivity contribution < 1.29 is 4.74 Å². The van der Waals surface area contributed by atoms with Gasteiger partial charge in [0.15, 0.2) is 5.43 Å². The fourth-order valence-electron chi connectivity index (χ4n) is 5.13. The average Bonchev–Trinajstić information content (AvgIpc) is 3.76. The van der Waals surface area contributed by atoms with E-state index in [1.807, 2.05) is 79.9 Å². The predicted molar refractivity (Wildman–Crippen MR) is 193 cm³/mol. The van der Waals surface area contributed by atoms with Crippen LogP contribution in [-0.2, 0) is 6.54 Å². The van der Waals surface area contributed by atoms with E-state index < -0.39 is 0 Å². The molecule has 6 nitrogen and oxygen atoms in total. The summed E-state index contributed by atoms with van der Waals surface area (Å²) in [5.41, 5.74) is 4.50. The number of H-pyrrole nitrogens is 2. The van der Waals surface area contributed by atoms with E-state index in [4.69, 9.17) is 4.74 Å². The second kappa shape index (κ2) is 16.5. The van der Waals surface area contributed by atoms with Gasteiger partial charge in [0.05, 0.1) is 12.1 Å². The van der Waals surface area contributed by atoms with Crippen LogP contribution in [0.3, 0.4) is 0 Å². The molecule has 8 aromatic rings. The predicted octanol–water partition coefficient (Wildman–Crippen LogP) is 9.77. The van der Waals surface area contributed by atoms with Crippen LogP contribution in [0.15, 0.2) is 151 Å². The Morgan fingerprint density at radius 3 is 2.13 bits per heavy atom. The van der Waals surface area contributed by atoms with Gasteiger partial charge in [0.25, 0.3) is 0 Å². The molecule has 0 spiro atoms. The molecule has 2 N–H and O–H groups in total. The number of para-hydroxylation sites is 4. The number of nitrogens with one attached hydrogen (secondary N) is 2. The van der Waals surface area contributed by atoms with Crippen LogP contribution in [0.4, 0.5) is 0 Å². The van der Waals surface area contributed by atoms with Crippen molar-refractivity contribution in [3.63, 3.8) is 0 Å². The molecule has 0 amide bonds. The number of unbranched alkanes of at least 4 members (excludes halogenated alkanes) is 1. The zero-order chi connectivity index (χ0) is 32.0. The lowest BCUT2D eigenvalue weighted by Crippen LogP contribution is -1.98. The third-order valence-corrected chi connectivity index (χ3v) is 7.47. The van der Waals surface area contributed by atoms with Gasteiger partial charge in [0.2, 0.25) is 0 Å². The number of benzene rings is 4. The molecule has 8 rings (SSSR count). The number of rotatable bonds is 5. The maximum Gasteiger partial charge on any atom is 0.189 e. The summed E-state index contributed by atoms with van der Waals surface area (Å²) in [4.78, 5) is 21.5. The maximum absolute atomic E-state index is 11.2. The van der Waals surface area contributed by atoms with E-state index in [-0.39, 0.29) is 5.43 Å². The van der Waals surface area contributed by atoms with Crippen molar-refractivity contribution in [1.82, 2.24) is 19.5 Å². The van der Waals surface area contributed by atoms with E-state index in [9.17, 15) is 4.79 Å². The Morgan fingerprint density at radius 2 is 1.35 bits per heavy atom. The normalized spacial score (nSPS) is 10.4. The first-order valence-corrected chi connectivity index (χ1v) is 15.8. The van der Waals surface area contributed by atoms with Crippen LogP contribution in [-0.4, -0.2) is 26.1 Å². The van der Waals surface area contributed by atoms with Crippen LogP contribution in [0.2, 0.25) is 0 Å². The lowest BCUT2D eigenvalue weighted by molar-refractivity contribution is 0.344. The minimum atomic E-state index is 0.0688. The fraction of sp³-hybridized carbons (Fsp3) is 0.150. The minimum Gasteiger partial charge on any atom is -0.493 e. The summed E-state index contributed by atoms with van der Waals surface area (Å²) in [5, 5.41) is 4.44. The van der Waals surface area contributed by atoms with Crippen molar-refractivity contribution in [2.45, 2.75) is 33.2 Å². The van der Waals surface area contributed by atoms with Crippen LogP contribution in [0, 0.1) is 0 Å². The van der Waals surface area contributed by atoms with Gasteiger partial charge in [-0.1, -0.05) is 74.0 Å². The number of aryl methyl sites for hydroxylation is 1. The zero-order valence-corrected chi connectivity index (χ0v) is 26.4. The van der Waals surface area contributed by atoms with Gasteiger partial charge in [-0.25, -0.2) is 0 Å². The Balaban J connectivity index is 0.000000122. The highest BCUT2D eigenvalue weighted by Gasteiger charge is 2.00. The number of nitrogens with zero attached hydrogens (tertiary/aromatic N) is 2. The highest BCUT2D eigenvalue weighted by atomic mass is 16.5. The summed E-state index contributed by atoms with van der Waals surface area (Å²) >= 11 is 0. The smallest absolute Gasteiger partial charge is 0.189 e. The van der Waals surface area contributed by atoms with Crippen molar-refractivity contribution in [2.24, 2.45) is 0 Å².